The Kier molecular flexibility index (Phi) is 6.73. The molecule has 0 aliphatic carbocycles. The maximum atomic E-state index is 12.8. The lowest BCUT2D eigenvalue weighted by molar-refractivity contribution is -0.0498. The van der Waals surface area contributed by atoms with E-state index in [4.69, 9.17) is 0 Å². The van der Waals surface area contributed by atoms with Crippen LogP contribution < -0.4 is 10.1 Å². The topological polar surface area (TPSA) is 88.6 Å². The summed E-state index contributed by atoms with van der Waals surface area (Å²) in [4.78, 5) is 18.1. The number of ether oxygens (including phenoxy) is 1. The van der Waals surface area contributed by atoms with Gasteiger partial charge < -0.3 is 4.74 Å². The first-order valence-corrected chi connectivity index (χ1v) is 12.4. The molecule has 1 aliphatic rings. The van der Waals surface area contributed by atoms with E-state index < -0.39 is 22.5 Å². The van der Waals surface area contributed by atoms with Gasteiger partial charge in [0.2, 0.25) is 10.0 Å². The number of thiazole rings is 1. The van der Waals surface area contributed by atoms with E-state index in [0.717, 1.165) is 17.7 Å². The molecule has 2 heterocycles. The van der Waals surface area contributed by atoms with Crippen LogP contribution in [-0.4, -0.2) is 43.3 Å². The molecule has 1 aliphatic heterocycles. The Labute approximate surface area is 194 Å². The zero-order chi connectivity index (χ0) is 23.6. The normalized spacial score (nSPS) is 14.5. The summed E-state index contributed by atoms with van der Waals surface area (Å²) in [6.07, 6.45) is 1.65. The largest absolute Gasteiger partial charge is 0.435 e. The minimum absolute atomic E-state index is 0.0407. The molecule has 1 aromatic heterocycles. The molecule has 4 rings (SSSR count). The SMILES string of the molecule is Cc1sc(NC(=O)c2cccc(S(=O)(=O)N3CCCC3)c2)nc1-c1ccc(OC(F)F)cc1. The zero-order valence-electron chi connectivity index (χ0n) is 17.6. The molecule has 174 valence electrons. The van der Waals surface area contributed by atoms with Crippen LogP contribution in [0.15, 0.2) is 53.4 Å². The minimum Gasteiger partial charge on any atom is -0.435 e. The Morgan fingerprint density at radius 1 is 1.15 bits per heavy atom. The molecule has 2 aromatic carbocycles. The lowest BCUT2D eigenvalue weighted by Crippen LogP contribution is -2.28. The quantitative estimate of drug-likeness (QED) is 0.513. The molecule has 0 spiro atoms. The molecule has 0 saturated carbocycles. The smallest absolute Gasteiger partial charge is 0.387 e. The van der Waals surface area contributed by atoms with Crippen LogP contribution in [-0.2, 0) is 10.0 Å². The first-order chi connectivity index (χ1) is 15.7. The monoisotopic (exact) mass is 493 g/mol. The van der Waals surface area contributed by atoms with Gasteiger partial charge in [-0.25, -0.2) is 13.4 Å². The fourth-order valence-electron chi connectivity index (χ4n) is 3.56. The number of benzene rings is 2. The lowest BCUT2D eigenvalue weighted by Gasteiger charge is -2.15. The van der Waals surface area contributed by atoms with Gasteiger partial charge >= 0.3 is 6.61 Å². The second-order valence-corrected chi connectivity index (χ2v) is 10.6. The number of carbonyl (C=O) groups excluding carboxylic acids is 1. The van der Waals surface area contributed by atoms with E-state index in [1.165, 1.54) is 39.9 Å². The fourth-order valence-corrected chi connectivity index (χ4v) is 5.95. The summed E-state index contributed by atoms with van der Waals surface area (Å²) in [5.74, 6) is -0.437. The van der Waals surface area contributed by atoms with Crippen molar-refractivity contribution in [1.82, 2.24) is 9.29 Å². The van der Waals surface area contributed by atoms with E-state index in [1.807, 2.05) is 6.92 Å². The third-order valence-electron chi connectivity index (χ3n) is 5.17. The average molecular weight is 494 g/mol. The summed E-state index contributed by atoms with van der Waals surface area (Å²) in [6, 6.07) is 12.0. The van der Waals surface area contributed by atoms with Crippen molar-refractivity contribution in [2.24, 2.45) is 0 Å². The molecule has 1 N–H and O–H groups in total. The number of anilines is 1. The van der Waals surface area contributed by atoms with E-state index >= 15 is 0 Å². The van der Waals surface area contributed by atoms with Gasteiger partial charge in [0.25, 0.3) is 5.91 Å². The first kappa shape index (κ1) is 23.3. The molecule has 1 amide bonds. The van der Waals surface area contributed by atoms with E-state index in [1.54, 1.807) is 24.3 Å². The highest BCUT2D eigenvalue weighted by atomic mass is 32.2. The van der Waals surface area contributed by atoms with Crippen molar-refractivity contribution in [2.45, 2.75) is 31.3 Å². The zero-order valence-corrected chi connectivity index (χ0v) is 19.3. The van der Waals surface area contributed by atoms with Gasteiger partial charge in [0.1, 0.15) is 5.75 Å². The molecule has 0 bridgehead atoms. The van der Waals surface area contributed by atoms with Crippen molar-refractivity contribution >= 4 is 32.4 Å². The summed E-state index contributed by atoms with van der Waals surface area (Å²) < 4.78 is 56.0. The lowest BCUT2D eigenvalue weighted by atomic mass is 10.1. The van der Waals surface area contributed by atoms with Crippen molar-refractivity contribution in [3.63, 3.8) is 0 Å². The number of nitrogens with one attached hydrogen (secondary N) is 1. The number of alkyl halides is 2. The number of nitrogens with zero attached hydrogens (tertiary/aromatic N) is 2. The molecule has 11 heteroatoms. The van der Waals surface area contributed by atoms with Crippen LogP contribution in [0.1, 0.15) is 28.1 Å². The predicted octanol–water partition coefficient (Wildman–Crippen LogP) is 4.76. The first-order valence-electron chi connectivity index (χ1n) is 10.2. The molecule has 7 nitrogen and oxygen atoms in total. The Hall–Kier alpha value is -2.89. The number of hydrogen-bond donors (Lipinski definition) is 1. The average Bonchev–Trinajstić information content (AvgIpc) is 3.45. The van der Waals surface area contributed by atoms with Crippen LogP contribution in [0.25, 0.3) is 11.3 Å². The van der Waals surface area contributed by atoms with E-state index in [0.29, 0.717) is 29.5 Å². The van der Waals surface area contributed by atoms with Gasteiger partial charge in [-0.05, 0) is 62.2 Å². The molecular formula is C22H21F2N3O4S2. The molecule has 0 radical (unpaired) electrons. The number of halogens is 2. The summed E-state index contributed by atoms with van der Waals surface area (Å²) in [5, 5.41) is 3.05. The van der Waals surface area contributed by atoms with E-state index in [9.17, 15) is 22.0 Å². The second kappa shape index (κ2) is 9.54. The van der Waals surface area contributed by atoms with Crippen LogP contribution in [0, 0.1) is 6.92 Å². The fraction of sp³-hybridized carbons (Fsp3) is 0.273. The molecular weight excluding hydrogens is 472 g/mol. The second-order valence-electron chi connectivity index (χ2n) is 7.42. The van der Waals surface area contributed by atoms with Gasteiger partial charge in [0.05, 0.1) is 10.6 Å². The van der Waals surface area contributed by atoms with Crippen molar-refractivity contribution in [3.8, 4) is 17.0 Å². The van der Waals surface area contributed by atoms with E-state index in [-0.39, 0.29) is 16.2 Å². The maximum absolute atomic E-state index is 12.8. The van der Waals surface area contributed by atoms with Gasteiger partial charge in [-0.2, -0.15) is 13.1 Å². The number of carbonyl (C=O) groups is 1. The van der Waals surface area contributed by atoms with Gasteiger partial charge in [0, 0.05) is 29.1 Å². The number of aryl methyl sites for hydroxylation is 1. The number of hydrogen-bond acceptors (Lipinski definition) is 6. The maximum Gasteiger partial charge on any atom is 0.387 e. The van der Waals surface area contributed by atoms with Crippen molar-refractivity contribution in [2.75, 3.05) is 18.4 Å². The summed E-state index contributed by atoms with van der Waals surface area (Å²) in [5.41, 5.74) is 1.49. The minimum atomic E-state index is -3.63. The third kappa shape index (κ3) is 5.21. The molecule has 0 atom stereocenters. The standard InChI is InChI=1S/C22H21F2N3O4S2/c1-14-19(15-7-9-17(10-8-15)31-21(23)24)25-22(32-14)26-20(28)16-5-4-6-18(13-16)33(29,30)27-11-2-3-12-27/h4-10,13,21H,2-3,11-12H2,1H3,(H,25,26,28). The van der Waals surface area contributed by atoms with Crippen molar-refractivity contribution in [1.29, 1.82) is 0 Å². The highest BCUT2D eigenvalue weighted by Crippen LogP contribution is 2.32. The predicted molar refractivity (Wildman–Crippen MR) is 121 cm³/mol. The number of rotatable bonds is 7. The molecule has 1 fully saturated rings. The highest BCUT2D eigenvalue weighted by Gasteiger charge is 2.27. The van der Waals surface area contributed by atoms with Gasteiger partial charge in [-0.3, -0.25) is 10.1 Å². The van der Waals surface area contributed by atoms with Gasteiger partial charge in [-0.15, -0.1) is 11.3 Å². The van der Waals surface area contributed by atoms with Crippen LogP contribution in [0.4, 0.5) is 13.9 Å². The number of sulfonamides is 1. The molecule has 33 heavy (non-hydrogen) atoms. The highest BCUT2D eigenvalue weighted by molar-refractivity contribution is 7.89. The van der Waals surface area contributed by atoms with Gasteiger partial charge in [0.15, 0.2) is 5.13 Å². The Bertz CT molecular complexity index is 1250. The molecule has 0 unspecified atom stereocenters. The number of amides is 1. The molecule has 3 aromatic rings. The van der Waals surface area contributed by atoms with Crippen LogP contribution in [0.2, 0.25) is 0 Å². The Morgan fingerprint density at radius 2 is 1.85 bits per heavy atom. The summed E-state index contributed by atoms with van der Waals surface area (Å²) >= 11 is 1.26. The van der Waals surface area contributed by atoms with E-state index in [2.05, 4.69) is 15.0 Å². The Morgan fingerprint density at radius 3 is 2.52 bits per heavy atom. The molecule has 1 saturated heterocycles. The number of aromatic nitrogens is 1. The van der Waals surface area contributed by atoms with Crippen LogP contribution >= 0.6 is 11.3 Å². The van der Waals surface area contributed by atoms with Crippen LogP contribution in [0.3, 0.4) is 0 Å². The van der Waals surface area contributed by atoms with Crippen LogP contribution in [0.5, 0.6) is 5.75 Å². The van der Waals surface area contributed by atoms with Crippen molar-refractivity contribution in [3.05, 3.63) is 59.0 Å². The third-order valence-corrected chi connectivity index (χ3v) is 7.95. The van der Waals surface area contributed by atoms with Crippen molar-refractivity contribution < 1.29 is 26.7 Å². The summed E-state index contributed by atoms with van der Waals surface area (Å²) in [7, 11) is -3.63. The van der Waals surface area contributed by atoms with Gasteiger partial charge in [-0.1, -0.05) is 6.07 Å². The summed E-state index contributed by atoms with van der Waals surface area (Å²) in [6.45, 7) is -0.109. The Balaban J connectivity index is 1.51.